The van der Waals surface area contributed by atoms with Crippen LogP contribution >= 0.6 is 0 Å². The number of hydrogen-bond acceptors (Lipinski definition) is 5. The van der Waals surface area contributed by atoms with Gasteiger partial charge in [-0.2, -0.15) is 0 Å². The Morgan fingerprint density at radius 3 is 2.78 bits per heavy atom. The first kappa shape index (κ1) is 13.1. The molecule has 1 saturated heterocycles. The van der Waals surface area contributed by atoms with Crippen molar-refractivity contribution in [1.29, 1.82) is 0 Å². The molecule has 1 fully saturated rings. The normalized spacial score (nSPS) is 22.0. The number of rotatable bonds is 3. The molecule has 1 unspecified atom stereocenters. The molecule has 0 saturated carbocycles. The van der Waals surface area contributed by atoms with Gasteiger partial charge in [0.25, 0.3) is 5.91 Å². The second kappa shape index (κ2) is 4.74. The summed E-state index contributed by atoms with van der Waals surface area (Å²) in [7, 11) is -1.40. The molecule has 1 aliphatic rings. The average molecular weight is 272 g/mol. The molecule has 7 heteroatoms. The van der Waals surface area contributed by atoms with Crippen molar-refractivity contribution in [3.05, 3.63) is 23.7 Å². The Bertz CT molecular complexity index is 549. The third-order valence-corrected chi connectivity index (χ3v) is 4.90. The van der Waals surface area contributed by atoms with E-state index in [9.17, 15) is 13.2 Å². The third-order valence-electron chi connectivity index (χ3n) is 3.15. The highest BCUT2D eigenvalue weighted by atomic mass is 32.2. The molecular formula is C11H16N2O4S. The molecular weight excluding hydrogens is 256 g/mol. The van der Waals surface area contributed by atoms with E-state index in [1.807, 2.05) is 0 Å². The van der Waals surface area contributed by atoms with E-state index in [4.69, 9.17) is 10.2 Å². The molecule has 2 heterocycles. The van der Waals surface area contributed by atoms with Gasteiger partial charge in [0, 0.05) is 13.1 Å². The van der Waals surface area contributed by atoms with Crippen molar-refractivity contribution in [2.75, 3.05) is 18.6 Å². The standard InChI is InChI=1S/C11H16N2O4S/c1-13(8-4-5-18(15,16)7-8)11(14)10-3-2-9(6-12)17-10/h2-3,8H,4-7,12H2,1H3. The molecule has 2 N–H and O–H groups in total. The summed E-state index contributed by atoms with van der Waals surface area (Å²) in [5.41, 5.74) is 5.40. The minimum absolute atomic E-state index is 0.0275. The first-order valence-electron chi connectivity index (χ1n) is 5.69. The highest BCUT2D eigenvalue weighted by molar-refractivity contribution is 7.91. The van der Waals surface area contributed by atoms with Crippen molar-refractivity contribution in [3.63, 3.8) is 0 Å². The smallest absolute Gasteiger partial charge is 0.289 e. The number of carbonyl (C=O) groups is 1. The largest absolute Gasteiger partial charge is 0.455 e. The van der Waals surface area contributed by atoms with Crippen LogP contribution in [0.4, 0.5) is 0 Å². The lowest BCUT2D eigenvalue weighted by Gasteiger charge is -2.22. The predicted molar refractivity (Wildman–Crippen MR) is 65.8 cm³/mol. The zero-order valence-corrected chi connectivity index (χ0v) is 10.9. The van der Waals surface area contributed by atoms with Crippen molar-refractivity contribution in [2.45, 2.75) is 19.0 Å². The van der Waals surface area contributed by atoms with Crippen LogP contribution in [0.1, 0.15) is 22.7 Å². The number of amides is 1. The van der Waals surface area contributed by atoms with Gasteiger partial charge >= 0.3 is 0 Å². The SMILES string of the molecule is CN(C(=O)c1ccc(CN)o1)C1CCS(=O)(=O)C1. The van der Waals surface area contributed by atoms with Crippen molar-refractivity contribution in [2.24, 2.45) is 5.73 Å². The Morgan fingerprint density at radius 2 is 2.28 bits per heavy atom. The van der Waals surface area contributed by atoms with Gasteiger partial charge in [0.15, 0.2) is 15.6 Å². The maximum Gasteiger partial charge on any atom is 0.289 e. The number of nitrogens with zero attached hydrogens (tertiary/aromatic N) is 1. The first-order chi connectivity index (χ1) is 8.43. The molecule has 1 aromatic heterocycles. The van der Waals surface area contributed by atoms with E-state index in [-0.39, 0.29) is 35.8 Å². The molecule has 1 amide bonds. The topological polar surface area (TPSA) is 93.6 Å². The summed E-state index contributed by atoms with van der Waals surface area (Å²) >= 11 is 0. The zero-order chi connectivity index (χ0) is 13.3. The second-order valence-corrected chi connectivity index (χ2v) is 6.67. The Kier molecular flexibility index (Phi) is 3.45. The molecule has 18 heavy (non-hydrogen) atoms. The van der Waals surface area contributed by atoms with Gasteiger partial charge in [-0.05, 0) is 18.6 Å². The van der Waals surface area contributed by atoms with E-state index in [1.54, 1.807) is 19.2 Å². The maximum atomic E-state index is 12.1. The first-order valence-corrected chi connectivity index (χ1v) is 7.51. The van der Waals surface area contributed by atoms with Gasteiger partial charge in [-0.3, -0.25) is 4.79 Å². The molecule has 0 aliphatic carbocycles. The van der Waals surface area contributed by atoms with Crippen LogP contribution in [0.5, 0.6) is 0 Å². The predicted octanol–water partition coefficient (Wildman–Crippen LogP) is -0.00260. The summed E-state index contributed by atoms with van der Waals surface area (Å²) in [6.45, 7) is 0.231. The minimum atomic E-state index is -3.00. The number of hydrogen-bond donors (Lipinski definition) is 1. The average Bonchev–Trinajstić information content (AvgIpc) is 2.93. The van der Waals surface area contributed by atoms with Crippen LogP contribution in [-0.2, 0) is 16.4 Å². The van der Waals surface area contributed by atoms with E-state index < -0.39 is 9.84 Å². The molecule has 1 aliphatic heterocycles. The third kappa shape index (κ3) is 2.56. The Morgan fingerprint density at radius 1 is 1.56 bits per heavy atom. The maximum absolute atomic E-state index is 12.1. The molecule has 100 valence electrons. The van der Waals surface area contributed by atoms with Crippen LogP contribution in [-0.4, -0.2) is 43.8 Å². The fraction of sp³-hybridized carbons (Fsp3) is 0.545. The molecule has 1 atom stereocenters. The lowest BCUT2D eigenvalue weighted by atomic mass is 10.2. The van der Waals surface area contributed by atoms with E-state index in [0.29, 0.717) is 12.2 Å². The Hall–Kier alpha value is -1.34. The fourth-order valence-corrected chi connectivity index (χ4v) is 3.80. The summed E-state index contributed by atoms with van der Waals surface area (Å²) in [6, 6.07) is 2.94. The lowest BCUT2D eigenvalue weighted by Crippen LogP contribution is -2.37. The van der Waals surface area contributed by atoms with Crippen LogP contribution in [0.15, 0.2) is 16.5 Å². The van der Waals surface area contributed by atoms with Crippen molar-refractivity contribution >= 4 is 15.7 Å². The summed E-state index contributed by atoms with van der Waals surface area (Å²) in [6.07, 6.45) is 0.481. The number of sulfone groups is 1. The van der Waals surface area contributed by atoms with Crippen LogP contribution < -0.4 is 5.73 Å². The van der Waals surface area contributed by atoms with Crippen LogP contribution in [0.3, 0.4) is 0 Å². The van der Waals surface area contributed by atoms with E-state index >= 15 is 0 Å². The summed E-state index contributed by atoms with van der Waals surface area (Å²) in [4.78, 5) is 13.5. The number of nitrogens with two attached hydrogens (primary N) is 1. The van der Waals surface area contributed by atoms with E-state index in [1.165, 1.54) is 4.90 Å². The summed E-state index contributed by atoms with van der Waals surface area (Å²) < 4.78 is 28.0. The lowest BCUT2D eigenvalue weighted by molar-refractivity contribution is 0.0713. The van der Waals surface area contributed by atoms with Gasteiger partial charge in [-0.25, -0.2) is 8.42 Å². The molecule has 2 rings (SSSR count). The molecule has 0 bridgehead atoms. The molecule has 0 aromatic carbocycles. The second-order valence-electron chi connectivity index (χ2n) is 4.44. The fourth-order valence-electron chi connectivity index (χ4n) is 2.02. The van der Waals surface area contributed by atoms with Gasteiger partial charge in [-0.1, -0.05) is 0 Å². The quantitative estimate of drug-likeness (QED) is 0.835. The highest BCUT2D eigenvalue weighted by Crippen LogP contribution is 2.19. The summed E-state index contributed by atoms with van der Waals surface area (Å²) in [5.74, 6) is 0.589. The number of furan rings is 1. The number of carbonyl (C=O) groups excluding carboxylic acids is 1. The van der Waals surface area contributed by atoms with Gasteiger partial charge in [-0.15, -0.1) is 0 Å². The van der Waals surface area contributed by atoms with Gasteiger partial charge < -0.3 is 15.1 Å². The monoisotopic (exact) mass is 272 g/mol. The Balaban J connectivity index is 2.09. The van der Waals surface area contributed by atoms with E-state index in [2.05, 4.69) is 0 Å². The minimum Gasteiger partial charge on any atom is -0.455 e. The Labute approximate surface area is 106 Å². The van der Waals surface area contributed by atoms with Gasteiger partial charge in [0.2, 0.25) is 0 Å². The summed E-state index contributed by atoms with van der Waals surface area (Å²) in [5, 5.41) is 0. The van der Waals surface area contributed by atoms with Crippen molar-refractivity contribution in [1.82, 2.24) is 4.90 Å². The van der Waals surface area contributed by atoms with Crippen LogP contribution in [0.25, 0.3) is 0 Å². The highest BCUT2D eigenvalue weighted by Gasteiger charge is 2.33. The van der Waals surface area contributed by atoms with Gasteiger partial charge in [0.05, 0.1) is 18.1 Å². The van der Waals surface area contributed by atoms with E-state index in [0.717, 1.165) is 0 Å². The molecule has 0 radical (unpaired) electrons. The van der Waals surface area contributed by atoms with Crippen LogP contribution in [0.2, 0.25) is 0 Å². The zero-order valence-electron chi connectivity index (χ0n) is 10.1. The van der Waals surface area contributed by atoms with Gasteiger partial charge in [0.1, 0.15) is 5.76 Å². The van der Waals surface area contributed by atoms with Crippen molar-refractivity contribution in [3.8, 4) is 0 Å². The molecule has 0 spiro atoms. The van der Waals surface area contributed by atoms with Crippen molar-refractivity contribution < 1.29 is 17.6 Å². The van der Waals surface area contributed by atoms with Crippen LogP contribution in [0, 0.1) is 0 Å². The molecule has 1 aromatic rings. The molecule has 6 nitrogen and oxygen atoms in total.